The molecule has 0 atom stereocenters. The molecule has 0 spiro atoms. The summed E-state index contributed by atoms with van der Waals surface area (Å²) in [4.78, 5) is 28.6. The van der Waals surface area contributed by atoms with E-state index in [0.717, 1.165) is 32.1 Å². The van der Waals surface area contributed by atoms with Crippen LogP contribution >= 0.6 is 0 Å². The van der Waals surface area contributed by atoms with Crippen molar-refractivity contribution in [1.29, 1.82) is 0 Å². The molecule has 2 amide bonds. The lowest BCUT2D eigenvalue weighted by Crippen LogP contribution is -2.37. The van der Waals surface area contributed by atoms with Gasteiger partial charge in [-0.1, -0.05) is 37.5 Å². The first kappa shape index (κ1) is 27.0. The van der Waals surface area contributed by atoms with Gasteiger partial charge < -0.3 is 24.3 Å². The van der Waals surface area contributed by atoms with Crippen LogP contribution in [0.1, 0.15) is 32.1 Å². The third-order valence-electron chi connectivity index (χ3n) is 5.32. The van der Waals surface area contributed by atoms with Crippen molar-refractivity contribution in [2.75, 3.05) is 31.5 Å². The van der Waals surface area contributed by atoms with Crippen molar-refractivity contribution >= 4 is 39.5 Å². The van der Waals surface area contributed by atoms with Gasteiger partial charge in [-0.05, 0) is 43.2 Å². The number of aliphatic imine (C=N–C) groups is 1. The lowest BCUT2D eigenvalue weighted by molar-refractivity contribution is -0.119. The Hall–Kier alpha value is -3.64. The molecule has 12 heteroatoms. The van der Waals surface area contributed by atoms with Crippen LogP contribution in [-0.4, -0.2) is 53.2 Å². The van der Waals surface area contributed by atoms with Gasteiger partial charge in [0.2, 0.25) is 11.9 Å². The van der Waals surface area contributed by atoms with Crippen molar-refractivity contribution in [2.24, 2.45) is 4.99 Å². The van der Waals surface area contributed by atoms with Crippen LogP contribution in [0.2, 0.25) is 0 Å². The van der Waals surface area contributed by atoms with Crippen molar-refractivity contribution < 1.29 is 31.7 Å². The number of ether oxygens (including phenoxy) is 2. The predicted octanol–water partition coefficient (Wildman–Crippen LogP) is 3.50. The largest absolute Gasteiger partial charge is 0.453 e. The molecule has 1 aliphatic rings. The summed E-state index contributed by atoms with van der Waals surface area (Å²) in [6.45, 7) is -0.208. The van der Waals surface area contributed by atoms with Crippen LogP contribution in [0.3, 0.4) is 0 Å². The summed E-state index contributed by atoms with van der Waals surface area (Å²) in [5.74, 6) is -0.241. The zero-order chi connectivity index (χ0) is 26.0. The average molecular weight is 519 g/mol. The number of benzene rings is 2. The van der Waals surface area contributed by atoms with Gasteiger partial charge >= 0.3 is 16.2 Å². The molecule has 1 aliphatic carbocycles. The number of nitrogens with zero attached hydrogens (tertiary/aromatic N) is 1. The van der Waals surface area contributed by atoms with E-state index in [9.17, 15) is 18.0 Å². The maximum Gasteiger partial charge on any atom is 0.413 e. The van der Waals surface area contributed by atoms with Gasteiger partial charge in [0.1, 0.15) is 17.3 Å². The van der Waals surface area contributed by atoms with E-state index in [1.165, 1.54) is 44.6 Å². The van der Waals surface area contributed by atoms with E-state index in [4.69, 9.17) is 13.7 Å². The van der Waals surface area contributed by atoms with Gasteiger partial charge in [0.05, 0.1) is 24.5 Å². The summed E-state index contributed by atoms with van der Waals surface area (Å²) in [6, 6.07) is 12.0. The molecule has 3 rings (SSSR count). The summed E-state index contributed by atoms with van der Waals surface area (Å²) < 4.78 is 40.7. The minimum atomic E-state index is -4.21. The molecule has 0 unspecified atom stereocenters. The van der Waals surface area contributed by atoms with E-state index in [1.54, 1.807) is 18.2 Å². The zero-order valence-corrected chi connectivity index (χ0v) is 21.0. The number of carbonyl (C=O) groups excluding carboxylic acids is 2. The van der Waals surface area contributed by atoms with E-state index in [1.807, 2.05) is 0 Å². The summed E-state index contributed by atoms with van der Waals surface area (Å²) in [5, 5.41) is 8.13. The summed E-state index contributed by atoms with van der Waals surface area (Å²) >= 11 is 0. The van der Waals surface area contributed by atoms with Crippen LogP contribution in [-0.2, 0) is 24.4 Å². The third-order valence-corrected chi connectivity index (χ3v) is 6.57. The van der Waals surface area contributed by atoms with Crippen LogP contribution in [0.25, 0.3) is 0 Å². The van der Waals surface area contributed by atoms with E-state index in [-0.39, 0.29) is 40.6 Å². The Morgan fingerprint density at radius 2 is 1.69 bits per heavy atom. The van der Waals surface area contributed by atoms with E-state index in [2.05, 4.69) is 20.9 Å². The highest BCUT2D eigenvalue weighted by molar-refractivity contribution is 7.87. The monoisotopic (exact) mass is 518 g/mol. The van der Waals surface area contributed by atoms with Crippen molar-refractivity contribution in [3.63, 3.8) is 0 Å². The van der Waals surface area contributed by atoms with Crippen LogP contribution in [0.4, 0.5) is 16.2 Å². The number of para-hydroxylation sites is 1. The van der Waals surface area contributed by atoms with E-state index in [0.29, 0.717) is 0 Å². The molecule has 0 aromatic heterocycles. The Bertz CT molecular complexity index is 1180. The molecule has 0 radical (unpaired) electrons. The highest BCUT2D eigenvalue weighted by Crippen LogP contribution is 2.28. The quantitative estimate of drug-likeness (QED) is 0.274. The first-order valence-electron chi connectivity index (χ1n) is 11.4. The van der Waals surface area contributed by atoms with E-state index >= 15 is 0 Å². The zero-order valence-electron chi connectivity index (χ0n) is 20.2. The fourth-order valence-corrected chi connectivity index (χ4v) is 4.58. The van der Waals surface area contributed by atoms with Gasteiger partial charge in [0, 0.05) is 7.11 Å². The number of hydrogen-bond donors (Lipinski definition) is 3. The first-order valence-corrected chi connectivity index (χ1v) is 12.8. The average Bonchev–Trinajstić information content (AvgIpc) is 2.86. The van der Waals surface area contributed by atoms with Crippen LogP contribution < -0.4 is 20.1 Å². The number of anilines is 2. The second-order valence-electron chi connectivity index (χ2n) is 8.05. The Morgan fingerprint density at radius 3 is 2.36 bits per heavy atom. The summed E-state index contributed by atoms with van der Waals surface area (Å²) in [6.07, 6.45) is 4.11. The van der Waals surface area contributed by atoms with Crippen LogP contribution in [0, 0.1) is 0 Å². The lowest BCUT2D eigenvalue weighted by atomic mass is 9.96. The van der Waals surface area contributed by atoms with E-state index < -0.39 is 22.1 Å². The fourth-order valence-electron chi connectivity index (χ4n) is 3.62. The normalized spacial score (nSPS) is 14.6. The van der Waals surface area contributed by atoms with Crippen molar-refractivity contribution in [3.8, 4) is 5.75 Å². The molecule has 0 saturated heterocycles. The molecule has 11 nitrogen and oxygen atoms in total. The van der Waals surface area contributed by atoms with Gasteiger partial charge in [-0.2, -0.15) is 8.42 Å². The van der Waals surface area contributed by atoms with Gasteiger partial charge in [0.15, 0.2) is 0 Å². The molecule has 36 heavy (non-hydrogen) atoms. The minimum Gasteiger partial charge on any atom is -0.453 e. The number of nitrogens with one attached hydrogen (secondary N) is 3. The molecule has 0 aliphatic heterocycles. The first-order chi connectivity index (χ1) is 17.3. The number of guanidine groups is 1. The maximum atomic E-state index is 12.9. The number of methoxy groups -OCH3 is 2. The topological polar surface area (TPSA) is 144 Å². The Kier molecular flexibility index (Phi) is 9.65. The smallest absolute Gasteiger partial charge is 0.413 e. The number of carbonyl (C=O) groups is 2. The lowest BCUT2D eigenvalue weighted by Gasteiger charge is -2.21. The molecule has 0 bridgehead atoms. The highest BCUT2D eigenvalue weighted by atomic mass is 32.2. The van der Waals surface area contributed by atoms with Crippen molar-refractivity contribution in [2.45, 2.75) is 43.0 Å². The van der Waals surface area contributed by atoms with Crippen molar-refractivity contribution in [1.82, 2.24) is 5.32 Å². The van der Waals surface area contributed by atoms with Crippen LogP contribution in [0.5, 0.6) is 5.75 Å². The minimum absolute atomic E-state index is 0.0294. The molecule has 2 aromatic rings. The molecule has 194 valence electrons. The highest BCUT2D eigenvalue weighted by Gasteiger charge is 2.21. The fraction of sp³-hybridized carbons (Fsp3) is 0.375. The summed E-state index contributed by atoms with van der Waals surface area (Å²) in [5.41, 5.74) is 0.418. The van der Waals surface area contributed by atoms with Gasteiger partial charge in [-0.25, -0.2) is 9.79 Å². The molecular formula is C24H30N4O7S. The SMILES string of the molecule is COCC(=O)Nc1ccc(S(=O)(=O)Oc2ccccc2)cc1N/C(=N/C1CCCCC1)NC(=O)OC. The number of rotatable bonds is 8. The Balaban J connectivity index is 1.97. The molecule has 1 fully saturated rings. The Morgan fingerprint density at radius 1 is 0.972 bits per heavy atom. The summed E-state index contributed by atoms with van der Waals surface area (Å²) in [7, 11) is -1.61. The molecule has 2 aromatic carbocycles. The maximum absolute atomic E-state index is 12.9. The molecule has 1 saturated carbocycles. The molecule has 0 heterocycles. The number of alkyl carbamates (subject to hydrolysis) is 1. The molecule has 3 N–H and O–H groups in total. The second-order valence-corrected chi connectivity index (χ2v) is 9.60. The Labute approximate surface area is 210 Å². The number of amides is 2. The number of hydrogen-bond acceptors (Lipinski definition) is 8. The predicted molar refractivity (Wildman–Crippen MR) is 135 cm³/mol. The second kappa shape index (κ2) is 12.9. The molecular weight excluding hydrogens is 488 g/mol. The third kappa shape index (κ3) is 7.95. The van der Waals surface area contributed by atoms with Gasteiger partial charge in [-0.3, -0.25) is 10.1 Å². The van der Waals surface area contributed by atoms with Crippen LogP contribution in [0.15, 0.2) is 58.4 Å². The van der Waals surface area contributed by atoms with Gasteiger partial charge in [0.25, 0.3) is 0 Å². The standard InChI is InChI=1S/C24H30N4O7S/c1-33-16-22(29)26-20-14-13-19(36(31,32)35-18-11-7-4-8-12-18)15-21(20)27-23(28-24(30)34-2)25-17-9-5-3-6-10-17/h4,7-8,11-15,17H,3,5-6,9-10,16H2,1-2H3,(H,26,29)(H2,25,27,28,30). The van der Waals surface area contributed by atoms with Gasteiger partial charge in [-0.15, -0.1) is 0 Å². The van der Waals surface area contributed by atoms with Crippen molar-refractivity contribution in [3.05, 3.63) is 48.5 Å².